The van der Waals surface area contributed by atoms with Crippen LogP contribution < -0.4 is 14.8 Å². The molecule has 144 valence electrons. The number of benzene rings is 2. The first-order chi connectivity index (χ1) is 13.2. The van der Waals surface area contributed by atoms with E-state index in [0.29, 0.717) is 31.1 Å². The predicted octanol–water partition coefficient (Wildman–Crippen LogP) is 2.51. The fourth-order valence-electron chi connectivity index (χ4n) is 3.23. The second-order valence-electron chi connectivity index (χ2n) is 6.38. The van der Waals surface area contributed by atoms with Crippen LogP contribution in [0.4, 0.5) is 0 Å². The number of methoxy groups -OCH3 is 2. The fraction of sp³-hybridized carbons (Fsp3) is 0.381. The van der Waals surface area contributed by atoms with Gasteiger partial charge in [0.15, 0.2) is 0 Å². The highest BCUT2D eigenvalue weighted by molar-refractivity contribution is 5.94. The maximum atomic E-state index is 12.6. The SMILES string of the molecule is COc1ccc(C(CNC(=O)c2cccc(OC)c2)N2CCOCC2)cc1. The van der Waals surface area contributed by atoms with Gasteiger partial charge in [-0.05, 0) is 35.9 Å². The van der Waals surface area contributed by atoms with E-state index in [1.807, 2.05) is 24.3 Å². The van der Waals surface area contributed by atoms with Crippen LogP contribution in [0.15, 0.2) is 48.5 Å². The fourth-order valence-corrected chi connectivity index (χ4v) is 3.23. The summed E-state index contributed by atoms with van der Waals surface area (Å²) < 4.78 is 15.9. The molecule has 0 bridgehead atoms. The number of nitrogens with one attached hydrogen (secondary N) is 1. The van der Waals surface area contributed by atoms with E-state index in [1.54, 1.807) is 26.4 Å². The van der Waals surface area contributed by atoms with Gasteiger partial charge in [-0.15, -0.1) is 0 Å². The molecule has 0 aromatic heterocycles. The molecule has 1 unspecified atom stereocenters. The summed E-state index contributed by atoms with van der Waals surface area (Å²) in [6, 6.07) is 15.3. The van der Waals surface area contributed by atoms with Crippen molar-refractivity contribution < 1.29 is 19.0 Å². The lowest BCUT2D eigenvalue weighted by molar-refractivity contribution is 0.0162. The molecular formula is C21H26N2O4. The molecule has 2 aromatic carbocycles. The van der Waals surface area contributed by atoms with Crippen molar-refractivity contribution >= 4 is 5.91 Å². The number of carbonyl (C=O) groups is 1. The molecule has 1 saturated heterocycles. The first-order valence-electron chi connectivity index (χ1n) is 9.09. The minimum Gasteiger partial charge on any atom is -0.497 e. The van der Waals surface area contributed by atoms with Gasteiger partial charge in [0, 0.05) is 25.2 Å². The Hall–Kier alpha value is -2.57. The molecular weight excluding hydrogens is 344 g/mol. The zero-order chi connectivity index (χ0) is 19.1. The van der Waals surface area contributed by atoms with E-state index < -0.39 is 0 Å². The molecule has 0 spiro atoms. The third-order valence-corrected chi connectivity index (χ3v) is 4.77. The molecule has 1 N–H and O–H groups in total. The maximum Gasteiger partial charge on any atom is 0.251 e. The summed E-state index contributed by atoms with van der Waals surface area (Å²) in [7, 11) is 3.25. The first kappa shape index (κ1) is 19.2. The largest absolute Gasteiger partial charge is 0.497 e. The summed E-state index contributed by atoms with van der Waals surface area (Å²) in [6.07, 6.45) is 0. The van der Waals surface area contributed by atoms with Crippen LogP contribution in [0.3, 0.4) is 0 Å². The van der Waals surface area contributed by atoms with Gasteiger partial charge < -0.3 is 19.5 Å². The highest BCUT2D eigenvalue weighted by atomic mass is 16.5. The van der Waals surface area contributed by atoms with Crippen LogP contribution in [-0.4, -0.2) is 57.9 Å². The van der Waals surface area contributed by atoms with E-state index in [2.05, 4.69) is 22.3 Å². The van der Waals surface area contributed by atoms with E-state index in [1.165, 1.54) is 0 Å². The van der Waals surface area contributed by atoms with Crippen LogP contribution in [0, 0.1) is 0 Å². The molecule has 6 nitrogen and oxygen atoms in total. The number of rotatable bonds is 7. The smallest absolute Gasteiger partial charge is 0.251 e. The Morgan fingerprint density at radius 1 is 1.07 bits per heavy atom. The number of ether oxygens (including phenoxy) is 3. The number of carbonyl (C=O) groups excluding carboxylic acids is 1. The van der Waals surface area contributed by atoms with Gasteiger partial charge in [-0.2, -0.15) is 0 Å². The molecule has 1 aliphatic rings. The minimum atomic E-state index is -0.110. The number of morpholine rings is 1. The van der Waals surface area contributed by atoms with Gasteiger partial charge in [-0.1, -0.05) is 18.2 Å². The van der Waals surface area contributed by atoms with Gasteiger partial charge >= 0.3 is 0 Å². The summed E-state index contributed by atoms with van der Waals surface area (Å²) in [5, 5.41) is 3.07. The molecule has 0 aliphatic carbocycles. The Bertz CT molecular complexity index is 742. The van der Waals surface area contributed by atoms with Crippen molar-refractivity contribution in [1.82, 2.24) is 10.2 Å². The Morgan fingerprint density at radius 3 is 2.44 bits per heavy atom. The summed E-state index contributed by atoms with van der Waals surface area (Å²) in [6.45, 7) is 3.60. The molecule has 1 heterocycles. The molecule has 0 saturated carbocycles. The third-order valence-electron chi connectivity index (χ3n) is 4.77. The third kappa shape index (κ3) is 4.99. The Balaban J connectivity index is 1.72. The molecule has 1 aliphatic heterocycles. The highest BCUT2D eigenvalue weighted by Gasteiger charge is 2.23. The molecule has 1 atom stereocenters. The van der Waals surface area contributed by atoms with Crippen LogP contribution >= 0.6 is 0 Å². The van der Waals surface area contributed by atoms with Gasteiger partial charge in [0.25, 0.3) is 5.91 Å². The number of hydrogen-bond acceptors (Lipinski definition) is 5. The second-order valence-corrected chi connectivity index (χ2v) is 6.38. The Morgan fingerprint density at radius 2 is 1.78 bits per heavy atom. The molecule has 1 fully saturated rings. The average molecular weight is 370 g/mol. The molecule has 0 radical (unpaired) electrons. The first-order valence-corrected chi connectivity index (χ1v) is 9.09. The van der Waals surface area contributed by atoms with Crippen molar-refractivity contribution in [3.05, 3.63) is 59.7 Å². The normalized spacial score (nSPS) is 15.8. The lowest BCUT2D eigenvalue weighted by Gasteiger charge is -2.35. The molecule has 2 aromatic rings. The van der Waals surface area contributed by atoms with Gasteiger partial charge in [0.1, 0.15) is 11.5 Å². The molecule has 27 heavy (non-hydrogen) atoms. The Labute approximate surface area is 160 Å². The summed E-state index contributed by atoms with van der Waals surface area (Å²) in [4.78, 5) is 14.9. The van der Waals surface area contributed by atoms with Crippen LogP contribution in [0.25, 0.3) is 0 Å². The van der Waals surface area contributed by atoms with Gasteiger partial charge in [0.05, 0.1) is 33.5 Å². The van der Waals surface area contributed by atoms with Crippen molar-refractivity contribution in [2.24, 2.45) is 0 Å². The van der Waals surface area contributed by atoms with Crippen molar-refractivity contribution in [3.63, 3.8) is 0 Å². The average Bonchev–Trinajstić information content (AvgIpc) is 2.75. The highest BCUT2D eigenvalue weighted by Crippen LogP contribution is 2.24. The van der Waals surface area contributed by atoms with Gasteiger partial charge in [-0.3, -0.25) is 9.69 Å². The minimum absolute atomic E-state index is 0.0781. The second kappa shape index (κ2) is 9.39. The van der Waals surface area contributed by atoms with Crippen molar-refractivity contribution in [3.8, 4) is 11.5 Å². The zero-order valence-corrected chi connectivity index (χ0v) is 15.8. The molecule has 6 heteroatoms. The van der Waals surface area contributed by atoms with Crippen LogP contribution in [0.5, 0.6) is 11.5 Å². The van der Waals surface area contributed by atoms with Crippen LogP contribution in [-0.2, 0) is 4.74 Å². The van der Waals surface area contributed by atoms with Crippen molar-refractivity contribution in [2.45, 2.75) is 6.04 Å². The maximum absolute atomic E-state index is 12.6. The monoisotopic (exact) mass is 370 g/mol. The van der Waals surface area contributed by atoms with E-state index in [-0.39, 0.29) is 11.9 Å². The molecule has 1 amide bonds. The summed E-state index contributed by atoms with van der Waals surface area (Å²) in [5.41, 5.74) is 1.73. The van der Waals surface area contributed by atoms with E-state index in [4.69, 9.17) is 14.2 Å². The summed E-state index contributed by atoms with van der Waals surface area (Å²) in [5.74, 6) is 1.38. The van der Waals surface area contributed by atoms with Crippen molar-refractivity contribution in [2.75, 3.05) is 47.1 Å². The van der Waals surface area contributed by atoms with Crippen LogP contribution in [0.2, 0.25) is 0 Å². The number of nitrogens with zero attached hydrogens (tertiary/aromatic N) is 1. The lowest BCUT2D eigenvalue weighted by Crippen LogP contribution is -2.43. The van der Waals surface area contributed by atoms with Gasteiger partial charge in [0.2, 0.25) is 0 Å². The van der Waals surface area contributed by atoms with E-state index >= 15 is 0 Å². The predicted molar refractivity (Wildman–Crippen MR) is 103 cm³/mol. The zero-order valence-electron chi connectivity index (χ0n) is 15.8. The Kier molecular flexibility index (Phi) is 6.68. The quantitative estimate of drug-likeness (QED) is 0.812. The number of amides is 1. The summed E-state index contributed by atoms with van der Waals surface area (Å²) >= 11 is 0. The van der Waals surface area contributed by atoms with E-state index in [9.17, 15) is 4.79 Å². The standard InChI is InChI=1S/C21H26N2O4/c1-25-18-8-6-16(7-9-18)20(23-10-12-27-13-11-23)15-22-21(24)17-4-3-5-19(14-17)26-2/h3-9,14,20H,10-13,15H2,1-2H3,(H,22,24). The van der Waals surface area contributed by atoms with E-state index in [0.717, 1.165) is 24.4 Å². The molecule has 3 rings (SSSR count). The topological polar surface area (TPSA) is 60.0 Å². The number of hydrogen-bond donors (Lipinski definition) is 1. The van der Waals surface area contributed by atoms with Gasteiger partial charge in [-0.25, -0.2) is 0 Å². The van der Waals surface area contributed by atoms with Crippen LogP contribution in [0.1, 0.15) is 22.0 Å². The lowest BCUT2D eigenvalue weighted by atomic mass is 10.0. The van der Waals surface area contributed by atoms with Crippen molar-refractivity contribution in [1.29, 1.82) is 0 Å².